The molecule has 0 radical (unpaired) electrons. The Balaban J connectivity index is 1.96. The van der Waals surface area contributed by atoms with Crippen LogP contribution in [0.1, 0.15) is 11.1 Å². The summed E-state index contributed by atoms with van der Waals surface area (Å²) in [6.07, 6.45) is 1.72. The molecule has 1 saturated heterocycles. The Bertz CT molecular complexity index is 1500. The lowest BCUT2D eigenvalue weighted by molar-refractivity contribution is -0.121. The molecule has 1 fully saturated rings. The van der Waals surface area contributed by atoms with Crippen molar-refractivity contribution in [2.75, 3.05) is 26.0 Å². The Labute approximate surface area is 194 Å². The fourth-order valence-corrected chi connectivity index (χ4v) is 4.79. The van der Waals surface area contributed by atoms with E-state index in [1.54, 1.807) is 20.2 Å². The van der Waals surface area contributed by atoms with Gasteiger partial charge in [0.2, 0.25) is 0 Å². The van der Waals surface area contributed by atoms with Crippen molar-refractivity contribution in [3.63, 3.8) is 0 Å². The normalized spacial score (nSPS) is 15.2. The molecule has 2 heterocycles. The number of carbonyl (C=O) groups excluding carboxylic acids is 2. The van der Waals surface area contributed by atoms with Crippen molar-refractivity contribution in [2.45, 2.75) is 6.92 Å². The van der Waals surface area contributed by atoms with Gasteiger partial charge in [-0.1, -0.05) is 6.07 Å². The predicted molar refractivity (Wildman–Crippen MR) is 133 cm³/mol. The van der Waals surface area contributed by atoms with Crippen LogP contribution in [0.3, 0.4) is 0 Å². The number of thioether (sulfide) groups is 1. The highest BCUT2D eigenvalue weighted by Gasteiger charge is 2.31. The lowest BCUT2D eigenvalue weighted by Gasteiger charge is -2.21. The Morgan fingerprint density at radius 1 is 0.848 bits per heavy atom. The molecule has 0 saturated carbocycles. The molecule has 170 valence electrons. The van der Waals surface area contributed by atoms with Crippen LogP contribution in [0, 0.1) is 6.92 Å². The smallest absolute Gasteiger partial charge is 0.316 e. The van der Waals surface area contributed by atoms with E-state index in [1.807, 2.05) is 56.3 Å². The molecule has 1 aliphatic rings. The first-order valence-electron chi connectivity index (χ1n) is 10.2. The minimum Gasteiger partial charge on any atom is -0.377 e. The molecular formula is C24H24N4O4S. The van der Waals surface area contributed by atoms with Gasteiger partial charge in [-0.3, -0.25) is 24.1 Å². The molecule has 33 heavy (non-hydrogen) atoms. The molecule has 4 rings (SSSR count). The van der Waals surface area contributed by atoms with Crippen LogP contribution in [-0.2, 0) is 18.9 Å². The maximum atomic E-state index is 12.4. The van der Waals surface area contributed by atoms with Gasteiger partial charge in [0.1, 0.15) is 0 Å². The van der Waals surface area contributed by atoms with Crippen LogP contribution in [0.4, 0.5) is 10.5 Å². The molecule has 3 aromatic rings. The summed E-state index contributed by atoms with van der Waals surface area (Å²) in [5.74, 6) is -0.318. The van der Waals surface area contributed by atoms with Gasteiger partial charge in [0, 0.05) is 46.5 Å². The number of hydrogen-bond donors (Lipinski definition) is 0. The number of carbonyl (C=O) groups is 2. The minimum absolute atomic E-state index is 0.298. The molecule has 0 N–H and O–H groups in total. The highest BCUT2D eigenvalue weighted by molar-refractivity contribution is 8.18. The fraction of sp³-hybridized carbons (Fsp3) is 0.250. The third-order valence-corrected chi connectivity index (χ3v) is 6.87. The summed E-state index contributed by atoms with van der Waals surface area (Å²) >= 11 is 0.918. The van der Waals surface area contributed by atoms with Crippen LogP contribution in [-0.4, -0.2) is 46.3 Å². The Morgan fingerprint density at radius 2 is 1.45 bits per heavy atom. The van der Waals surface area contributed by atoms with Gasteiger partial charge >= 0.3 is 11.1 Å². The first kappa shape index (κ1) is 22.6. The van der Waals surface area contributed by atoms with Crippen LogP contribution < -0.4 is 16.0 Å². The number of aryl methyl sites for hydroxylation is 3. The van der Waals surface area contributed by atoms with Crippen molar-refractivity contribution in [2.24, 2.45) is 14.1 Å². The number of amides is 2. The number of benzene rings is 2. The van der Waals surface area contributed by atoms with E-state index >= 15 is 0 Å². The van der Waals surface area contributed by atoms with Crippen molar-refractivity contribution in [3.05, 3.63) is 67.1 Å². The van der Waals surface area contributed by atoms with Crippen molar-refractivity contribution < 1.29 is 9.59 Å². The van der Waals surface area contributed by atoms with Crippen LogP contribution >= 0.6 is 11.8 Å². The Morgan fingerprint density at radius 3 is 2.00 bits per heavy atom. The Hall–Kier alpha value is -3.59. The van der Waals surface area contributed by atoms with E-state index in [1.165, 1.54) is 16.2 Å². The van der Waals surface area contributed by atoms with Crippen molar-refractivity contribution >= 4 is 45.7 Å². The molecule has 0 spiro atoms. The molecule has 2 amide bonds. The second-order valence-corrected chi connectivity index (χ2v) is 9.29. The van der Waals surface area contributed by atoms with Gasteiger partial charge in [0.25, 0.3) is 11.1 Å². The van der Waals surface area contributed by atoms with E-state index in [4.69, 9.17) is 0 Å². The summed E-state index contributed by atoms with van der Waals surface area (Å²) in [6, 6.07) is 9.64. The van der Waals surface area contributed by atoms with Crippen molar-refractivity contribution in [3.8, 4) is 11.1 Å². The zero-order chi connectivity index (χ0) is 24.2. The molecule has 2 aromatic carbocycles. The van der Waals surface area contributed by atoms with Gasteiger partial charge in [0.15, 0.2) is 0 Å². The quantitative estimate of drug-likeness (QED) is 0.438. The lowest BCUT2D eigenvalue weighted by Crippen LogP contribution is -2.39. The number of anilines is 1. The molecule has 1 aliphatic heterocycles. The highest BCUT2D eigenvalue weighted by Crippen LogP contribution is 2.37. The first-order valence-corrected chi connectivity index (χ1v) is 11.1. The predicted octanol–water partition coefficient (Wildman–Crippen LogP) is 2.94. The molecular weight excluding hydrogens is 440 g/mol. The zero-order valence-corrected chi connectivity index (χ0v) is 20.1. The molecule has 0 bridgehead atoms. The lowest BCUT2D eigenvalue weighted by atomic mass is 9.95. The number of fused-ring (bicyclic) bond motifs is 1. The van der Waals surface area contributed by atoms with E-state index < -0.39 is 11.1 Å². The number of imide groups is 1. The van der Waals surface area contributed by atoms with Crippen LogP contribution in [0.5, 0.6) is 0 Å². The third-order valence-electron chi connectivity index (χ3n) is 5.91. The summed E-state index contributed by atoms with van der Waals surface area (Å²) in [4.78, 5) is 52.3. The third kappa shape index (κ3) is 3.68. The van der Waals surface area contributed by atoms with Gasteiger partial charge in [-0.05, 0) is 65.7 Å². The molecule has 0 unspecified atom stereocenters. The van der Waals surface area contributed by atoms with Gasteiger partial charge in [-0.15, -0.1) is 0 Å². The number of rotatable bonds is 3. The van der Waals surface area contributed by atoms with Gasteiger partial charge in [0.05, 0.1) is 15.9 Å². The Kier molecular flexibility index (Phi) is 5.53. The maximum Gasteiger partial charge on any atom is 0.316 e. The number of hydrogen-bond acceptors (Lipinski definition) is 6. The van der Waals surface area contributed by atoms with Crippen molar-refractivity contribution in [1.29, 1.82) is 0 Å². The summed E-state index contributed by atoms with van der Waals surface area (Å²) in [7, 11) is 8.54. The number of aromatic nitrogens is 2. The average molecular weight is 465 g/mol. The largest absolute Gasteiger partial charge is 0.377 e. The van der Waals surface area contributed by atoms with E-state index in [2.05, 4.69) is 0 Å². The topological polar surface area (TPSA) is 84.6 Å². The molecule has 1 aromatic heterocycles. The molecule has 9 heteroatoms. The summed E-state index contributed by atoms with van der Waals surface area (Å²) in [5.41, 5.74) is 4.63. The van der Waals surface area contributed by atoms with E-state index in [0.29, 0.717) is 15.9 Å². The van der Waals surface area contributed by atoms with Crippen LogP contribution in [0.15, 0.2) is 44.8 Å². The van der Waals surface area contributed by atoms with Crippen molar-refractivity contribution in [1.82, 2.24) is 14.0 Å². The summed E-state index contributed by atoms with van der Waals surface area (Å²) in [5, 5.41) is -0.298. The maximum absolute atomic E-state index is 12.4. The zero-order valence-electron chi connectivity index (χ0n) is 19.3. The SMILES string of the molecule is Cc1cc2c(cc1-c1cc(/C=C3/SC(=O)N(C)C3=O)ccc1N(C)C)n(C)c(=O)c(=O)n2C. The van der Waals surface area contributed by atoms with Crippen LogP contribution in [0.25, 0.3) is 28.2 Å². The highest BCUT2D eigenvalue weighted by atomic mass is 32.2. The molecule has 8 nitrogen and oxygen atoms in total. The first-order chi connectivity index (χ1) is 15.5. The number of likely N-dealkylation sites (N-methyl/N-ethyl adjacent to an activating group) is 1. The van der Waals surface area contributed by atoms with Gasteiger partial charge < -0.3 is 14.0 Å². The molecule has 0 aliphatic carbocycles. The van der Waals surface area contributed by atoms with E-state index in [9.17, 15) is 19.2 Å². The minimum atomic E-state index is -0.586. The standard InChI is InChI=1S/C24H24N4O4S/c1-13-9-18-19(27(5)23(31)22(30)26(18)4)12-15(13)16-10-14(7-8-17(16)25(2)3)11-20-21(29)28(6)24(32)33-20/h7-12H,1-6H3/b20-11+. The fourth-order valence-electron chi connectivity index (χ4n) is 3.96. The summed E-state index contributed by atoms with van der Waals surface area (Å²) in [6.45, 7) is 1.96. The number of nitrogens with zero attached hydrogens (tertiary/aromatic N) is 4. The second kappa shape index (κ2) is 8.08. The monoisotopic (exact) mass is 464 g/mol. The van der Waals surface area contributed by atoms with E-state index in [0.717, 1.165) is 44.6 Å². The van der Waals surface area contributed by atoms with Gasteiger partial charge in [-0.2, -0.15) is 0 Å². The van der Waals surface area contributed by atoms with E-state index in [-0.39, 0.29) is 11.1 Å². The van der Waals surface area contributed by atoms with Crippen LogP contribution in [0.2, 0.25) is 0 Å². The second-order valence-electron chi connectivity index (χ2n) is 8.30. The summed E-state index contributed by atoms with van der Waals surface area (Å²) < 4.78 is 2.75. The average Bonchev–Trinajstić information content (AvgIpc) is 3.02. The molecule has 0 atom stereocenters. The van der Waals surface area contributed by atoms with Gasteiger partial charge in [-0.25, -0.2) is 0 Å².